The van der Waals surface area contributed by atoms with Crippen LogP contribution in [0.3, 0.4) is 0 Å². The number of nitrogens with one attached hydrogen (secondary N) is 1. The third-order valence-corrected chi connectivity index (χ3v) is 4.58. The molecule has 0 saturated heterocycles. The highest BCUT2D eigenvalue weighted by molar-refractivity contribution is 7.99. The Morgan fingerprint density at radius 3 is 2.62 bits per heavy atom. The quantitative estimate of drug-likeness (QED) is 0.440. The molecule has 8 heteroatoms. The minimum absolute atomic E-state index is 0.0713. The van der Waals surface area contributed by atoms with Crippen molar-refractivity contribution in [2.45, 2.75) is 19.6 Å². The number of aromatic hydroxyl groups is 1. The second kappa shape index (κ2) is 9.00. The number of para-hydroxylation sites is 1. The molecule has 2 aromatic rings. The highest BCUT2D eigenvalue weighted by Crippen LogP contribution is 2.25. The molecule has 0 aliphatic heterocycles. The number of rotatable bonds is 7. The van der Waals surface area contributed by atoms with Crippen molar-refractivity contribution in [2.24, 2.45) is 5.10 Å². The van der Waals surface area contributed by atoms with Gasteiger partial charge < -0.3 is 5.11 Å². The topological polar surface area (TPSA) is 105 Å². The number of amides is 1. The lowest BCUT2D eigenvalue weighted by molar-refractivity contribution is -0.385. The fraction of sp³-hybridized carbons (Fsp3) is 0.222. The largest absolute Gasteiger partial charge is 0.507 e. The Morgan fingerprint density at radius 1 is 1.31 bits per heavy atom. The van der Waals surface area contributed by atoms with Crippen molar-refractivity contribution >= 4 is 29.6 Å². The third-order valence-electron chi connectivity index (χ3n) is 3.58. The summed E-state index contributed by atoms with van der Waals surface area (Å²) in [5.41, 5.74) is 5.25. The molecule has 2 aromatic carbocycles. The first-order valence-corrected chi connectivity index (χ1v) is 8.96. The number of nitro groups is 1. The van der Waals surface area contributed by atoms with Crippen LogP contribution in [0.4, 0.5) is 5.69 Å². The average molecular weight is 373 g/mol. The smallest absolute Gasteiger partial charge is 0.278 e. The Bertz CT molecular complexity index is 829. The van der Waals surface area contributed by atoms with Crippen LogP contribution < -0.4 is 5.43 Å². The second-order valence-corrected chi connectivity index (χ2v) is 6.67. The Kier molecular flexibility index (Phi) is 6.74. The summed E-state index contributed by atoms with van der Waals surface area (Å²) in [6, 6.07) is 9.93. The van der Waals surface area contributed by atoms with Gasteiger partial charge in [-0.3, -0.25) is 14.9 Å². The fourth-order valence-electron chi connectivity index (χ4n) is 2.36. The number of phenols is 1. The summed E-state index contributed by atoms with van der Waals surface area (Å²) in [5.74, 6) is 0.828. The van der Waals surface area contributed by atoms with Gasteiger partial charge in [0.2, 0.25) is 5.91 Å². The number of carbonyl (C=O) groups is 1. The van der Waals surface area contributed by atoms with E-state index in [1.54, 1.807) is 18.2 Å². The number of benzene rings is 2. The highest BCUT2D eigenvalue weighted by atomic mass is 32.2. The monoisotopic (exact) mass is 373 g/mol. The van der Waals surface area contributed by atoms with Crippen molar-refractivity contribution in [3.05, 3.63) is 68.8 Å². The number of phenolic OH excluding ortho intramolecular Hbond substituents is 1. The molecule has 0 heterocycles. The van der Waals surface area contributed by atoms with Crippen LogP contribution in [0.5, 0.6) is 5.75 Å². The number of nitro benzene ring substituents is 1. The lowest BCUT2D eigenvalue weighted by atomic mass is 10.1. The first kappa shape index (κ1) is 19.5. The molecule has 26 heavy (non-hydrogen) atoms. The van der Waals surface area contributed by atoms with Crippen LogP contribution in [0.2, 0.25) is 0 Å². The SMILES string of the molecule is Cc1cc(CSCC(=O)N/N=C/c2ccccc2[N+](=O)[O-])cc(C)c1O. The molecule has 2 rings (SSSR count). The standard InChI is InChI=1S/C18H19N3O4S/c1-12-7-14(8-13(2)18(12)23)10-26-11-17(22)20-19-9-15-5-3-4-6-16(15)21(24)25/h3-9,23H,10-11H2,1-2H3,(H,20,22)/b19-9+. The summed E-state index contributed by atoms with van der Waals surface area (Å²) in [6.45, 7) is 3.67. The van der Waals surface area contributed by atoms with Crippen molar-refractivity contribution in [2.75, 3.05) is 5.75 Å². The highest BCUT2D eigenvalue weighted by Gasteiger charge is 2.10. The maximum absolute atomic E-state index is 11.8. The van der Waals surface area contributed by atoms with E-state index in [0.29, 0.717) is 17.1 Å². The van der Waals surface area contributed by atoms with Crippen LogP contribution in [0.15, 0.2) is 41.5 Å². The molecular formula is C18H19N3O4S. The van der Waals surface area contributed by atoms with Gasteiger partial charge in [0.15, 0.2) is 0 Å². The summed E-state index contributed by atoms with van der Waals surface area (Å²) in [7, 11) is 0. The summed E-state index contributed by atoms with van der Waals surface area (Å²) < 4.78 is 0. The summed E-state index contributed by atoms with van der Waals surface area (Å²) in [4.78, 5) is 22.2. The number of aryl methyl sites for hydroxylation is 2. The minimum atomic E-state index is -0.499. The predicted octanol–water partition coefficient (Wildman–Crippen LogP) is 3.30. The van der Waals surface area contributed by atoms with Gasteiger partial charge in [0.1, 0.15) is 5.75 Å². The number of nitrogens with zero attached hydrogens (tertiary/aromatic N) is 2. The number of hydrogen-bond acceptors (Lipinski definition) is 6. The van der Waals surface area contributed by atoms with Crippen molar-refractivity contribution in [1.82, 2.24) is 5.43 Å². The molecule has 136 valence electrons. The van der Waals surface area contributed by atoms with E-state index < -0.39 is 4.92 Å². The zero-order valence-electron chi connectivity index (χ0n) is 14.4. The van der Waals surface area contributed by atoms with Crippen LogP contribution in [-0.2, 0) is 10.5 Å². The predicted molar refractivity (Wildman–Crippen MR) is 103 cm³/mol. The molecule has 0 saturated carbocycles. The summed E-state index contributed by atoms with van der Waals surface area (Å²) in [6.07, 6.45) is 1.26. The van der Waals surface area contributed by atoms with E-state index >= 15 is 0 Å². The zero-order valence-corrected chi connectivity index (χ0v) is 15.2. The maximum Gasteiger partial charge on any atom is 0.278 e. The van der Waals surface area contributed by atoms with Crippen molar-refractivity contribution in [3.8, 4) is 5.75 Å². The maximum atomic E-state index is 11.8. The molecular weight excluding hydrogens is 354 g/mol. The second-order valence-electron chi connectivity index (χ2n) is 5.68. The van der Waals surface area contributed by atoms with E-state index in [4.69, 9.17) is 0 Å². The Balaban J connectivity index is 1.84. The third kappa shape index (κ3) is 5.32. The van der Waals surface area contributed by atoms with Crippen LogP contribution >= 0.6 is 11.8 Å². The fourth-order valence-corrected chi connectivity index (χ4v) is 3.11. The van der Waals surface area contributed by atoms with Crippen LogP contribution in [0, 0.1) is 24.0 Å². The molecule has 0 bridgehead atoms. The Morgan fingerprint density at radius 2 is 1.96 bits per heavy atom. The molecule has 0 spiro atoms. The van der Waals surface area contributed by atoms with Crippen LogP contribution in [0.25, 0.3) is 0 Å². The van der Waals surface area contributed by atoms with E-state index in [1.807, 2.05) is 26.0 Å². The molecule has 0 radical (unpaired) electrons. The molecule has 1 amide bonds. The van der Waals surface area contributed by atoms with Crippen LogP contribution in [0.1, 0.15) is 22.3 Å². The van der Waals surface area contributed by atoms with Gasteiger partial charge in [-0.15, -0.1) is 11.8 Å². The van der Waals surface area contributed by atoms with Gasteiger partial charge in [0, 0.05) is 11.8 Å². The normalized spacial score (nSPS) is 10.8. The van der Waals surface area contributed by atoms with Gasteiger partial charge in [0.25, 0.3) is 5.69 Å². The molecule has 0 fully saturated rings. The van der Waals surface area contributed by atoms with E-state index in [1.165, 1.54) is 24.0 Å². The van der Waals surface area contributed by atoms with Gasteiger partial charge in [-0.1, -0.05) is 24.3 Å². The number of carbonyl (C=O) groups excluding carboxylic acids is 1. The molecule has 7 nitrogen and oxygen atoms in total. The van der Waals surface area contributed by atoms with E-state index in [2.05, 4.69) is 10.5 Å². The Hall–Kier alpha value is -2.87. The number of hydrogen-bond donors (Lipinski definition) is 2. The van der Waals surface area contributed by atoms with Crippen LogP contribution in [-0.4, -0.2) is 27.9 Å². The van der Waals surface area contributed by atoms with Crippen molar-refractivity contribution in [1.29, 1.82) is 0 Å². The molecule has 0 aliphatic carbocycles. The van der Waals surface area contributed by atoms with Gasteiger partial charge in [-0.05, 0) is 36.6 Å². The lowest BCUT2D eigenvalue weighted by Gasteiger charge is -2.07. The first-order valence-electron chi connectivity index (χ1n) is 7.80. The molecule has 0 aromatic heterocycles. The summed E-state index contributed by atoms with van der Waals surface area (Å²) in [5, 5.41) is 24.4. The van der Waals surface area contributed by atoms with Crippen molar-refractivity contribution in [3.63, 3.8) is 0 Å². The molecule has 0 unspecified atom stereocenters. The zero-order chi connectivity index (χ0) is 19.1. The molecule has 0 atom stereocenters. The minimum Gasteiger partial charge on any atom is -0.507 e. The first-order chi connectivity index (χ1) is 12.4. The van der Waals surface area contributed by atoms with Gasteiger partial charge in [0.05, 0.1) is 22.5 Å². The lowest BCUT2D eigenvalue weighted by Crippen LogP contribution is -2.19. The molecule has 0 aliphatic rings. The van der Waals surface area contributed by atoms with E-state index in [-0.39, 0.29) is 17.3 Å². The molecule has 2 N–H and O–H groups in total. The number of thioether (sulfide) groups is 1. The number of hydrazone groups is 1. The Labute approximate surface area is 155 Å². The summed E-state index contributed by atoms with van der Waals surface area (Å²) >= 11 is 1.42. The van der Waals surface area contributed by atoms with Gasteiger partial charge >= 0.3 is 0 Å². The van der Waals surface area contributed by atoms with Crippen molar-refractivity contribution < 1.29 is 14.8 Å². The van der Waals surface area contributed by atoms with E-state index in [9.17, 15) is 20.0 Å². The van der Waals surface area contributed by atoms with Gasteiger partial charge in [-0.2, -0.15) is 5.10 Å². The van der Waals surface area contributed by atoms with Gasteiger partial charge in [-0.25, -0.2) is 5.43 Å². The average Bonchev–Trinajstić information content (AvgIpc) is 2.60. The van der Waals surface area contributed by atoms with E-state index in [0.717, 1.165) is 16.7 Å².